The van der Waals surface area contributed by atoms with Crippen LogP contribution in [0, 0.1) is 5.82 Å². The smallest absolute Gasteiger partial charge is 0.219 e. The predicted octanol–water partition coefficient (Wildman–Crippen LogP) is 5.34. The number of hydrogen-bond acceptors (Lipinski definition) is 6. The third-order valence-corrected chi connectivity index (χ3v) is 6.35. The topological polar surface area (TPSA) is 80.2 Å². The Hall–Kier alpha value is -4.17. The van der Waals surface area contributed by atoms with Crippen LogP contribution >= 0.6 is 0 Å². The van der Waals surface area contributed by atoms with Gasteiger partial charge in [-0.25, -0.2) is 14.4 Å². The average molecular weight is 498 g/mol. The normalized spacial score (nSPS) is 17.4. The number of ether oxygens (including phenoxy) is 1. The number of benzene rings is 2. The summed E-state index contributed by atoms with van der Waals surface area (Å²) in [6, 6.07) is 21.8. The van der Waals surface area contributed by atoms with Crippen molar-refractivity contribution in [3.05, 3.63) is 102 Å². The van der Waals surface area contributed by atoms with Gasteiger partial charge in [-0.2, -0.15) is 0 Å². The monoisotopic (exact) mass is 497 g/mol. The SMILES string of the molecule is CC(=O)N1CC(OCc2ccccc2)CC(c2nc(Nc3cccc(F)c3)cc(-c3cccnc3)n2)C1. The van der Waals surface area contributed by atoms with Gasteiger partial charge in [0.15, 0.2) is 0 Å². The molecule has 1 saturated heterocycles. The first-order chi connectivity index (χ1) is 18.0. The van der Waals surface area contributed by atoms with E-state index in [0.29, 0.717) is 49.1 Å². The third kappa shape index (κ3) is 6.34. The standard InChI is InChI=1S/C29H28FN5O2/c1-20(36)35-17-23(13-26(18-35)37-19-21-7-3-2-4-8-21)29-33-27(22-9-6-12-31-16-22)15-28(34-29)32-25-11-5-10-24(30)14-25/h2-12,14-16,23,26H,13,17-19H2,1H3,(H,32,33,34). The van der Waals surface area contributed by atoms with Crippen molar-refractivity contribution < 1.29 is 13.9 Å². The maximum absolute atomic E-state index is 13.8. The Morgan fingerprint density at radius 1 is 1.05 bits per heavy atom. The van der Waals surface area contributed by atoms with Gasteiger partial charge >= 0.3 is 0 Å². The van der Waals surface area contributed by atoms with Crippen LogP contribution in [0.5, 0.6) is 0 Å². The number of amides is 1. The van der Waals surface area contributed by atoms with Crippen molar-refractivity contribution in [2.45, 2.75) is 32.0 Å². The lowest BCUT2D eigenvalue weighted by molar-refractivity contribution is -0.134. The Kier molecular flexibility index (Phi) is 7.46. The number of carbonyl (C=O) groups is 1. The zero-order chi connectivity index (χ0) is 25.6. The fraction of sp³-hybridized carbons (Fsp3) is 0.241. The van der Waals surface area contributed by atoms with Crippen LogP contribution in [0.1, 0.15) is 30.7 Å². The minimum atomic E-state index is -0.338. The molecule has 2 aromatic heterocycles. The van der Waals surface area contributed by atoms with Gasteiger partial charge in [0, 0.05) is 55.6 Å². The molecule has 1 amide bonds. The highest BCUT2D eigenvalue weighted by Gasteiger charge is 2.32. The van der Waals surface area contributed by atoms with Gasteiger partial charge in [0.05, 0.1) is 18.4 Å². The van der Waals surface area contributed by atoms with E-state index in [4.69, 9.17) is 14.7 Å². The third-order valence-electron chi connectivity index (χ3n) is 6.35. The highest BCUT2D eigenvalue weighted by molar-refractivity contribution is 5.73. The van der Waals surface area contributed by atoms with Crippen LogP contribution in [0.25, 0.3) is 11.3 Å². The van der Waals surface area contributed by atoms with Gasteiger partial charge in [-0.15, -0.1) is 0 Å². The van der Waals surface area contributed by atoms with Crippen LogP contribution in [-0.4, -0.2) is 45.0 Å². The molecule has 0 radical (unpaired) electrons. The summed E-state index contributed by atoms with van der Waals surface area (Å²) in [6.07, 6.45) is 3.96. The van der Waals surface area contributed by atoms with E-state index in [1.54, 1.807) is 36.4 Å². The molecule has 3 heterocycles. The minimum absolute atomic E-state index is 0.0143. The lowest BCUT2D eigenvalue weighted by Gasteiger charge is -2.36. The van der Waals surface area contributed by atoms with Crippen molar-refractivity contribution in [1.82, 2.24) is 19.9 Å². The van der Waals surface area contributed by atoms with E-state index in [1.807, 2.05) is 48.5 Å². The molecule has 8 heteroatoms. The number of hydrogen-bond donors (Lipinski definition) is 1. The van der Waals surface area contributed by atoms with Gasteiger partial charge in [0.1, 0.15) is 17.5 Å². The summed E-state index contributed by atoms with van der Waals surface area (Å²) in [7, 11) is 0. The van der Waals surface area contributed by atoms with Crippen LogP contribution in [0.15, 0.2) is 85.2 Å². The second-order valence-electron chi connectivity index (χ2n) is 9.15. The van der Waals surface area contributed by atoms with Gasteiger partial charge in [0.2, 0.25) is 5.91 Å². The number of nitrogens with one attached hydrogen (secondary N) is 1. The number of rotatable bonds is 7. The van der Waals surface area contributed by atoms with E-state index < -0.39 is 0 Å². The molecule has 2 unspecified atom stereocenters. The first kappa shape index (κ1) is 24.5. The molecule has 1 N–H and O–H groups in total. The van der Waals surface area contributed by atoms with E-state index >= 15 is 0 Å². The van der Waals surface area contributed by atoms with Crippen LogP contribution in [0.3, 0.4) is 0 Å². The van der Waals surface area contributed by atoms with Gasteiger partial charge in [-0.05, 0) is 42.3 Å². The predicted molar refractivity (Wildman–Crippen MR) is 140 cm³/mol. The first-order valence-electron chi connectivity index (χ1n) is 12.3. The van der Waals surface area contributed by atoms with Crippen molar-refractivity contribution in [3.63, 3.8) is 0 Å². The quantitative estimate of drug-likeness (QED) is 0.371. The number of pyridine rings is 1. The summed E-state index contributed by atoms with van der Waals surface area (Å²) in [5.41, 5.74) is 3.19. The molecular weight excluding hydrogens is 469 g/mol. The fourth-order valence-corrected chi connectivity index (χ4v) is 4.49. The summed E-state index contributed by atoms with van der Waals surface area (Å²) < 4.78 is 20.0. The first-order valence-corrected chi connectivity index (χ1v) is 12.3. The Labute approximate surface area is 215 Å². The second kappa shape index (κ2) is 11.3. The lowest BCUT2D eigenvalue weighted by atomic mass is 9.94. The molecule has 0 bridgehead atoms. The molecule has 0 aliphatic carbocycles. The molecule has 0 spiro atoms. The number of aromatic nitrogens is 3. The number of anilines is 2. The Morgan fingerprint density at radius 2 is 1.92 bits per heavy atom. The van der Waals surface area contributed by atoms with Gasteiger partial charge in [-0.3, -0.25) is 9.78 Å². The summed E-state index contributed by atoms with van der Waals surface area (Å²) >= 11 is 0. The summed E-state index contributed by atoms with van der Waals surface area (Å²) in [5.74, 6) is 0.646. The van der Waals surface area contributed by atoms with E-state index in [1.165, 1.54) is 12.1 Å². The number of piperidine rings is 1. The zero-order valence-corrected chi connectivity index (χ0v) is 20.5. The molecule has 7 nitrogen and oxygen atoms in total. The Bertz CT molecular complexity index is 1350. The highest BCUT2D eigenvalue weighted by Crippen LogP contribution is 2.31. The lowest BCUT2D eigenvalue weighted by Crippen LogP contribution is -2.45. The summed E-state index contributed by atoms with van der Waals surface area (Å²) in [5, 5.41) is 3.20. The van der Waals surface area contributed by atoms with Crippen molar-refractivity contribution in [2.75, 3.05) is 18.4 Å². The molecule has 4 aromatic rings. The number of halogens is 1. The van der Waals surface area contributed by atoms with Crippen molar-refractivity contribution in [1.29, 1.82) is 0 Å². The molecule has 2 atom stereocenters. The van der Waals surface area contributed by atoms with Crippen LogP contribution < -0.4 is 5.32 Å². The van der Waals surface area contributed by atoms with Crippen LogP contribution in [-0.2, 0) is 16.1 Å². The minimum Gasteiger partial charge on any atom is -0.372 e. The molecular formula is C29H28FN5O2. The van der Waals surface area contributed by atoms with E-state index in [2.05, 4.69) is 10.3 Å². The molecule has 37 heavy (non-hydrogen) atoms. The van der Waals surface area contributed by atoms with Crippen molar-refractivity contribution >= 4 is 17.4 Å². The molecule has 1 aliphatic heterocycles. The van der Waals surface area contributed by atoms with E-state index in [-0.39, 0.29) is 23.7 Å². The molecule has 1 fully saturated rings. The molecule has 0 saturated carbocycles. The molecule has 188 valence electrons. The molecule has 5 rings (SSSR count). The van der Waals surface area contributed by atoms with E-state index in [9.17, 15) is 9.18 Å². The molecule has 1 aliphatic rings. The van der Waals surface area contributed by atoms with Crippen LogP contribution in [0.4, 0.5) is 15.9 Å². The van der Waals surface area contributed by atoms with Gasteiger partial charge < -0.3 is 15.0 Å². The number of carbonyl (C=O) groups excluding carboxylic acids is 1. The van der Waals surface area contributed by atoms with Crippen LogP contribution in [0.2, 0.25) is 0 Å². The van der Waals surface area contributed by atoms with Crippen molar-refractivity contribution in [3.8, 4) is 11.3 Å². The Morgan fingerprint density at radius 3 is 2.68 bits per heavy atom. The zero-order valence-electron chi connectivity index (χ0n) is 20.5. The average Bonchev–Trinajstić information content (AvgIpc) is 2.92. The Balaban J connectivity index is 1.45. The van der Waals surface area contributed by atoms with Gasteiger partial charge in [0.25, 0.3) is 0 Å². The fourth-order valence-electron chi connectivity index (χ4n) is 4.49. The number of likely N-dealkylation sites (tertiary alicyclic amines) is 1. The maximum atomic E-state index is 13.8. The highest BCUT2D eigenvalue weighted by atomic mass is 19.1. The second-order valence-corrected chi connectivity index (χ2v) is 9.15. The largest absolute Gasteiger partial charge is 0.372 e. The maximum Gasteiger partial charge on any atom is 0.219 e. The van der Waals surface area contributed by atoms with E-state index in [0.717, 1.165) is 11.1 Å². The summed E-state index contributed by atoms with van der Waals surface area (Å²) in [4.78, 5) is 28.1. The number of nitrogens with zero attached hydrogens (tertiary/aromatic N) is 4. The summed E-state index contributed by atoms with van der Waals surface area (Å²) in [6.45, 7) is 3.05. The van der Waals surface area contributed by atoms with Crippen molar-refractivity contribution in [2.24, 2.45) is 0 Å². The van der Waals surface area contributed by atoms with Gasteiger partial charge in [-0.1, -0.05) is 36.4 Å². The molecule has 2 aromatic carbocycles.